The molecule has 1 aliphatic rings. The lowest BCUT2D eigenvalue weighted by molar-refractivity contribution is -0.120. The fourth-order valence-corrected chi connectivity index (χ4v) is 2.97. The van der Waals surface area contributed by atoms with Gasteiger partial charge in [0.15, 0.2) is 0 Å². The molecule has 3 nitrogen and oxygen atoms in total. The molecule has 0 bridgehead atoms. The van der Waals surface area contributed by atoms with Crippen molar-refractivity contribution in [1.29, 1.82) is 0 Å². The molecule has 0 radical (unpaired) electrons. The molecule has 0 heterocycles. The molecular weight excluding hydrogens is 258 g/mol. The zero-order valence-corrected chi connectivity index (χ0v) is 11.8. The lowest BCUT2D eigenvalue weighted by Crippen LogP contribution is -2.37. The molecule has 1 amide bonds. The molecule has 1 unspecified atom stereocenters. The number of benzene rings is 1. The van der Waals surface area contributed by atoms with Crippen LogP contribution in [0.15, 0.2) is 47.4 Å². The Morgan fingerprint density at radius 2 is 2.16 bits per heavy atom. The maximum absolute atomic E-state index is 12.1. The van der Waals surface area contributed by atoms with Gasteiger partial charge < -0.3 is 10.4 Å². The van der Waals surface area contributed by atoms with E-state index in [-0.39, 0.29) is 29.7 Å². The third-order valence-corrected chi connectivity index (χ3v) is 4.27. The van der Waals surface area contributed by atoms with E-state index in [1.54, 1.807) is 11.8 Å². The van der Waals surface area contributed by atoms with Crippen molar-refractivity contribution < 1.29 is 9.90 Å². The van der Waals surface area contributed by atoms with Crippen LogP contribution < -0.4 is 5.32 Å². The molecule has 0 saturated heterocycles. The molecule has 2 rings (SSSR count). The zero-order chi connectivity index (χ0) is 13.7. The van der Waals surface area contributed by atoms with Crippen LogP contribution in [0.25, 0.3) is 0 Å². The summed E-state index contributed by atoms with van der Waals surface area (Å²) in [5, 5.41) is 11.9. The summed E-state index contributed by atoms with van der Waals surface area (Å²) in [5.41, 5.74) is 0. The number of carbonyl (C=O) groups is 1. The Kier molecular flexibility index (Phi) is 5.05. The van der Waals surface area contributed by atoms with Gasteiger partial charge in [-0.25, -0.2) is 0 Å². The Balaban J connectivity index is 1.82. The standard InChI is InChI=1S/C15H19NO2S/c1-11(19-14-5-3-2-4-6-14)15(18)16-13-8-7-12(9-13)10-17/h2-8,11-13,17H,9-10H2,1H3,(H,16,18)/t11?,12-,13+/m0/s1. The van der Waals surface area contributed by atoms with Crippen LogP contribution in [0.2, 0.25) is 0 Å². The molecule has 2 N–H and O–H groups in total. The van der Waals surface area contributed by atoms with Gasteiger partial charge in [-0.15, -0.1) is 11.8 Å². The summed E-state index contributed by atoms with van der Waals surface area (Å²) in [6.45, 7) is 2.06. The lowest BCUT2D eigenvalue weighted by Gasteiger charge is -2.16. The number of aliphatic hydroxyl groups is 1. The maximum Gasteiger partial charge on any atom is 0.233 e. The summed E-state index contributed by atoms with van der Waals surface area (Å²) in [6, 6.07) is 9.98. The van der Waals surface area contributed by atoms with Gasteiger partial charge >= 0.3 is 0 Å². The molecule has 0 aliphatic heterocycles. The van der Waals surface area contributed by atoms with Gasteiger partial charge in [-0.2, -0.15) is 0 Å². The number of carbonyl (C=O) groups excluding carboxylic acids is 1. The first-order valence-corrected chi connectivity index (χ1v) is 7.38. The molecule has 1 aliphatic carbocycles. The van der Waals surface area contributed by atoms with Gasteiger partial charge in [0.25, 0.3) is 0 Å². The normalized spacial score (nSPS) is 23.3. The van der Waals surface area contributed by atoms with Crippen LogP contribution in [0.1, 0.15) is 13.3 Å². The van der Waals surface area contributed by atoms with E-state index in [1.165, 1.54) is 0 Å². The molecule has 0 spiro atoms. The summed E-state index contributed by atoms with van der Waals surface area (Å²) >= 11 is 1.56. The van der Waals surface area contributed by atoms with Crippen molar-refractivity contribution in [2.24, 2.45) is 5.92 Å². The monoisotopic (exact) mass is 277 g/mol. The molecule has 1 aromatic carbocycles. The number of nitrogens with one attached hydrogen (secondary N) is 1. The molecule has 4 heteroatoms. The van der Waals surface area contributed by atoms with E-state index < -0.39 is 0 Å². The van der Waals surface area contributed by atoms with Crippen LogP contribution in [-0.2, 0) is 4.79 Å². The molecule has 19 heavy (non-hydrogen) atoms. The molecule has 102 valence electrons. The molecule has 0 saturated carbocycles. The SMILES string of the molecule is CC(Sc1ccccc1)C(=O)N[C@@H]1C=C[C@H](CO)C1. The predicted octanol–water partition coefficient (Wildman–Crippen LogP) is 2.22. The zero-order valence-electron chi connectivity index (χ0n) is 11.0. The van der Waals surface area contributed by atoms with Crippen molar-refractivity contribution in [3.05, 3.63) is 42.5 Å². The number of amides is 1. The summed E-state index contributed by atoms with van der Waals surface area (Å²) in [7, 11) is 0. The largest absolute Gasteiger partial charge is 0.396 e. The van der Waals surface area contributed by atoms with Crippen LogP contribution >= 0.6 is 11.8 Å². The Morgan fingerprint density at radius 1 is 1.42 bits per heavy atom. The highest BCUT2D eigenvalue weighted by molar-refractivity contribution is 8.00. The van der Waals surface area contributed by atoms with E-state index in [9.17, 15) is 4.79 Å². The topological polar surface area (TPSA) is 49.3 Å². The maximum atomic E-state index is 12.1. The van der Waals surface area contributed by atoms with Crippen LogP contribution in [0.3, 0.4) is 0 Å². The molecule has 0 fully saturated rings. The summed E-state index contributed by atoms with van der Waals surface area (Å²) < 4.78 is 0. The van der Waals surface area contributed by atoms with Gasteiger partial charge in [0.05, 0.1) is 5.25 Å². The van der Waals surface area contributed by atoms with Gasteiger partial charge in [-0.05, 0) is 25.5 Å². The van der Waals surface area contributed by atoms with Gasteiger partial charge in [-0.1, -0.05) is 30.4 Å². The fourth-order valence-electron chi connectivity index (χ4n) is 2.07. The minimum Gasteiger partial charge on any atom is -0.396 e. The lowest BCUT2D eigenvalue weighted by atomic mass is 10.1. The molecule has 3 atom stereocenters. The smallest absolute Gasteiger partial charge is 0.233 e. The summed E-state index contributed by atoms with van der Waals surface area (Å²) in [5.74, 6) is 0.226. The Hall–Kier alpha value is -1.26. The van der Waals surface area contributed by atoms with Crippen molar-refractivity contribution in [3.63, 3.8) is 0 Å². The van der Waals surface area contributed by atoms with Crippen LogP contribution in [0.4, 0.5) is 0 Å². The number of rotatable bonds is 5. The van der Waals surface area contributed by atoms with Crippen LogP contribution in [0.5, 0.6) is 0 Å². The Morgan fingerprint density at radius 3 is 2.79 bits per heavy atom. The Bertz CT molecular complexity index is 447. The van der Waals surface area contributed by atoms with E-state index in [1.807, 2.05) is 49.4 Å². The highest BCUT2D eigenvalue weighted by Crippen LogP contribution is 2.23. The molecule has 0 aromatic heterocycles. The van der Waals surface area contributed by atoms with Gasteiger partial charge in [0, 0.05) is 23.5 Å². The minimum absolute atomic E-state index is 0.0436. The quantitative estimate of drug-likeness (QED) is 0.641. The predicted molar refractivity (Wildman–Crippen MR) is 78.0 cm³/mol. The van der Waals surface area contributed by atoms with Crippen molar-refractivity contribution in [3.8, 4) is 0 Å². The first-order valence-electron chi connectivity index (χ1n) is 6.50. The number of hydrogen-bond donors (Lipinski definition) is 2. The van der Waals surface area contributed by atoms with Crippen molar-refractivity contribution in [2.45, 2.75) is 29.5 Å². The molecule has 1 aromatic rings. The second kappa shape index (κ2) is 6.78. The highest BCUT2D eigenvalue weighted by atomic mass is 32.2. The van der Waals surface area contributed by atoms with Crippen molar-refractivity contribution >= 4 is 17.7 Å². The van der Waals surface area contributed by atoms with Crippen LogP contribution in [0, 0.1) is 5.92 Å². The van der Waals surface area contributed by atoms with E-state index in [0.717, 1.165) is 11.3 Å². The number of hydrogen-bond acceptors (Lipinski definition) is 3. The van der Waals surface area contributed by atoms with E-state index in [4.69, 9.17) is 5.11 Å². The average molecular weight is 277 g/mol. The highest BCUT2D eigenvalue weighted by Gasteiger charge is 2.22. The van der Waals surface area contributed by atoms with E-state index >= 15 is 0 Å². The molecular formula is C15H19NO2S. The number of aliphatic hydroxyl groups excluding tert-OH is 1. The van der Waals surface area contributed by atoms with Gasteiger partial charge in [0.1, 0.15) is 0 Å². The van der Waals surface area contributed by atoms with Crippen molar-refractivity contribution in [2.75, 3.05) is 6.61 Å². The van der Waals surface area contributed by atoms with E-state index in [2.05, 4.69) is 5.32 Å². The van der Waals surface area contributed by atoms with Gasteiger partial charge in [0.2, 0.25) is 5.91 Å². The van der Waals surface area contributed by atoms with E-state index in [0.29, 0.717) is 0 Å². The third-order valence-electron chi connectivity index (χ3n) is 3.16. The number of thioether (sulfide) groups is 1. The fraction of sp³-hybridized carbons (Fsp3) is 0.400. The summed E-state index contributed by atoms with van der Waals surface area (Å²) in [6.07, 6.45) is 4.74. The first-order chi connectivity index (χ1) is 9.19. The summed E-state index contributed by atoms with van der Waals surface area (Å²) in [4.78, 5) is 13.2. The average Bonchev–Trinajstić information content (AvgIpc) is 2.87. The van der Waals surface area contributed by atoms with Crippen molar-refractivity contribution in [1.82, 2.24) is 5.32 Å². The second-order valence-electron chi connectivity index (χ2n) is 4.75. The third kappa shape index (κ3) is 4.11. The second-order valence-corrected chi connectivity index (χ2v) is 6.17. The minimum atomic E-state index is -0.121. The van der Waals surface area contributed by atoms with Gasteiger partial charge in [-0.3, -0.25) is 4.79 Å². The Labute approximate surface area is 118 Å². The first kappa shape index (κ1) is 14.2. The van der Waals surface area contributed by atoms with Crippen LogP contribution in [-0.4, -0.2) is 28.9 Å².